The summed E-state index contributed by atoms with van der Waals surface area (Å²) in [5.41, 5.74) is 0. The fourth-order valence-corrected chi connectivity index (χ4v) is 0.335. The molecule has 0 aromatic carbocycles. The SMILES string of the molecule is [CH2-]N=NCN=NCN=NCC.[CH3-].[U+2]. The van der Waals surface area contributed by atoms with E-state index >= 15 is 0 Å². The first-order valence-electron chi connectivity index (χ1n) is 3.20. The van der Waals surface area contributed by atoms with Gasteiger partial charge in [0.1, 0.15) is 0 Å². The minimum atomic E-state index is 0. The molecule has 0 fully saturated rings. The molecule has 0 aliphatic heterocycles. The monoisotopic (exact) mass is 408 g/mol. The van der Waals surface area contributed by atoms with E-state index in [-0.39, 0.29) is 51.9 Å². The molecule has 13 heavy (non-hydrogen) atoms. The van der Waals surface area contributed by atoms with Crippen LogP contribution in [0.4, 0.5) is 0 Å². The Morgan fingerprint density at radius 1 is 0.923 bits per heavy atom. The van der Waals surface area contributed by atoms with Crippen LogP contribution in [-0.4, -0.2) is 19.9 Å². The molecule has 0 rings (SSSR count). The number of rotatable bonds is 5. The molecule has 0 N–H and O–H groups in total. The van der Waals surface area contributed by atoms with Gasteiger partial charge in [-0.05, 0) is 6.92 Å². The van der Waals surface area contributed by atoms with Crippen LogP contribution in [-0.2, 0) is 0 Å². The molecule has 0 bridgehead atoms. The molecule has 72 valence electrons. The van der Waals surface area contributed by atoms with E-state index in [4.69, 9.17) is 0 Å². The molecule has 0 aliphatic rings. The van der Waals surface area contributed by atoms with Gasteiger partial charge < -0.3 is 12.5 Å². The summed E-state index contributed by atoms with van der Waals surface area (Å²) in [6, 6.07) is 0. The van der Waals surface area contributed by atoms with Crippen LogP contribution in [0.3, 0.4) is 0 Å². The molecule has 0 aliphatic carbocycles. The predicted octanol–water partition coefficient (Wildman–Crippen LogP) is 2.52. The Bertz CT molecular complexity index is 155. The molecule has 0 saturated heterocycles. The van der Waals surface area contributed by atoms with E-state index < -0.39 is 0 Å². The van der Waals surface area contributed by atoms with Crippen molar-refractivity contribution in [2.24, 2.45) is 30.7 Å². The van der Waals surface area contributed by atoms with Crippen LogP contribution in [0.15, 0.2) is 30.7 Å². The number of hydrogen-bond acceptors (Lipinski definition) is 6. The van der Waals surface area contributed by atoms with Crippen LogP contribution in [0.1, 0.15) is 6.92 Å². The molecule has 7 heteroatoms. The van der Waals surface area contributed by atoms with Crippen molar-refractivity contribution in [2.45, 2.75) is 6.92 Å². The standard InChI is InChI=1S/C5H11N6.CH3.U/c1-3-7-9-5-11-10-4-8-6-2;;/h2-5H2,1H3;1H3;/q2*-1;+2. The van der Waals surface area contributed by atoms with Crippen LogP contribution < -0.4 is 0 Å². The second kappa shape index (κ2) is 17.7. The van der Waals surface area contributed by atoms with Gasteiger partial charge in [0.05, 0.1) is 6.54 Å². The Morgan fingerprint density at radius 3 is 1.85 bits per heavy atom. The Morgan fingerprint density at radius 2 is 1.38 bits per heavy atom. The molecular weight excluding hydrogens is 394 g/mol. The largest absolute Gasteiger partial charge is 2.00 e. The summed E-state index contributed by atoms with van der Waals surface area (Å²) in [5.74, 6) is 0. The van der Waals surface area contributed by atoms with Crippen LogP contribution in [0.5, 0.6) is 0 Å². The number of nitrogens with zero attached hydrogens (tertiary/aromatic N) is 6. The third-order valence-corrected chi connectivity index (χ3v) is 0.694. The van der Waals surface area contributed by atoms with Crippen LogP contribution in [0.2, 0.25) is 0 Å². The van der Waals surface area contributed by atoms with E-state index in [2.05, 4.69) is 37.7 Å². The summed E-state index contributed by atoms with van der Waals surface area (Å²) < 4.78 is 0. The van der Waals surface area contributed by atoms with Crippen molar-refractivity contribution >= 4 is 0 Å². The number of azo groups is 3. The third kappa shape index (κ3) is 18.6. The molecule has 6 nitrogen and oxygen atoms in total. The summed E-state index contributed by atoms with van der Waals surface area (Å²) in [5, 5.41) is 21.3. The van der Waals surface area contributed by atoms with Crippen molar-refractivity contribution in [1.29, 1.82) is 0 Å². The third-order valence-electron chi connectivity index (χ3n) is 0.694. The summed E-state index contributed by atoms with van der Waals surface area (Å²) >= 11 is 0. The smallest absolute Gasteiger partial charge is 0.358 e. The molecule has 0 atom stereocenters. The Hall–Kier alpha value is -0.278. The molecule has 0 spiro atoms. The van der Waals surface area contributed by atoms with Gasteiger partial charge in [0, 0.05) is 0 Å². The van der Waals surface area contributed by atoms with Gasteiger partial charge in [-0.1, -0.05) is 0 Å². The molecule has 0 saturated carbocycles. The summed E-state index contributed by atoms with van der Waals surface area (Å²) in [4.78, 5) is 0. The zero-order valence-corrected chi connectivity index (χ0v) is 12.2. The molecule has 0 aromatic heterocycles. The first-order valence-corrected chi connectivity index (χ1v) is 3.20. The van der Waals surface area contributed by atoms with Gasteiger partial charge in [-0.2, -0.15) is 25.6 Å². The van der Waals surface area contributed by atoms with Crippen molar-refractivity contribution in [2.75, 3.05) is 19.9 Å². The van der Waals surface area contributed by atoms with Crippen molar-refractivity contribution in [1.82, 2.24) is 0 Å². The Kier molecular flexibility index (Phi) is 25.2. The van der Waals surface area contributed by atoms with E-state index in [0.717, 1.165) is 0 Å². The average Bonchev–Trinajstić information content (AvgIpc) is 2.03. The maximum absolute atomic E-state index is 3.69. The fraction of sp³-hybridized carbons (Fsp3) is 0.667. The van der Waals surface area contributed by atoms with Crippen LogP contribution in [0, 0.1) is 45.6 Å². The summed E-state index contributed by atoms with van der Waals surface area (Å²) in [6.07, 6.45) is 0. The van der Waals surface area contributed by atoms with E-state index in [1.807, 2.05) is 6.92 Å². The summed E-state index contributed by atoms with van der Waals surface area (Å²) in [7, 11) is 3.15. The maximum Gasteiger partial charge on any atom is 2.00 e. The molecule has 0 heterocycles. The van der Waals surface area contributed by atoms with Crippen LogP contribution >= 0.6 is 0 Å². The summed E-state index contributed by atoms with van der Waals surface area (Å²) in [6.45, 7) is 3.05. The molecule has 0 aromatic rings. The Balaban J connectivity index is -0.000000500. The van der Waals surface area contributed by atoms with E-state index in [1.165, 1.54) is 0 Å². The van der Waals surface area contributed by atoms with Gasteiger partial charge in [-0.15, -0.1) is 0 Å². The molecule has 0 amide bonds. The zero-order chi connectivity index (χ0) is 8.36. The predicted molar refractivity (Wildman–Crippen MR) is 46.6 cm³/mol. The van der Waals surface area contributed by atoms with E-state index in [0.29, 0.717) is 6.54 Å². The second-order valence-electron chi connectivity index (χ2n) is 1.45. The van der Waals surface area contributed by atoms with Gasteiger partial charge >= 0.3 is 31.1 Å². The van der Waals surface area contributed by atoms with E-state index in [9.17, 15) is 0 Å². The van der Waals surface area contributed by atoms with Gasteiger partial charge in [0.15, 0.2) is 13.3 Å². The first kappa shape index (κ1) is 18.5. The normalized spacial score (nSPS) is 10.5. The van der Waals surface area contributed by atoms with Gasteiger partial charge in [-0.3, -0.25) is 7.05 Å². The molecule has 0 radical (unpaired) electrons. The van der Waals surface area contributed by atoms with Crippen molar-refractivity contribution in [3.8, 4) is 0 Å². The van der Waals surface area contributed by atoms with Crippen molar-refractivity contribution in [3.05, 3.63) is 14.5 Å². The van der Waals surface area contributed by atoms with Crippen molar-refractivity contribution < 1.29 is 31.1 Å². The quantitative estimate of drug-likeness (QED) is 0.496. The average molecular weight is 408 g/mol. The minimum absolute atomic E-state index is 0. The van der Waals surface area contributed by atoms with Gasteiger partial charge in [0.2, 0.25) is 0 Å². The topological polar surface area (TPSA) is 74.2 Å². The van der Waals surface area contributed by atoms with Crippen LogP contribution in [0.25, 0.3) is 0 Å². The number of hydrogen-bond donors (Lipinski definition) is 0. The molecule has 0 unspecified atom stereocenters. The van der Waals surface area contributed by atoms with Gasteiger partial charge in [0.25, 0.3) is 0 Å². The van der Waals surface area contributed by atoms with Gasteiger partial charge in [-0.25, -0.2) is 0 Å². The second-order valence-corrected chi connectivity index (χ2v) is 1.45. The minimum Gasteiger partial charge on any atom is -0.358 e. The fourth-order valence-electron chi connectivity index (χ4n) is 0.335. The maximum atomic E-state index is 3.69. The molecular formula is C6H14N6U. The Labute approximate surface area is 103 Å². The first-order chi connectivity index (χ1) is 5.41. The van der Waals surface area contributed by atoms with E-state index in [1.54, 1.807) is 0 Å². The zero-order valence-electron chi connectivity index (χ0n) is 8.01. The van der Waals surface area contributed by atoms with Crippen molar-refractivity contribution in [3.63, 3.8) is 0 Å².